The topological polar surface area (TPSA) is 51.1 Å². The molecule has 1 heterocycles. The van der Waals surface area contributed by atoms with Gasteiger partial charge in [-0.25, -0.2) is 13.8 Å². The van der Waals surface area contributed by atoms with Gasteiger partial charge in [-0.1, -0.05) is 24.3 Å². The minimum Gasteiger partial charge on any atom is -0.490 e. The molecule has 5 nitrogen and oxygen atoms in total. The second-order valence-corrected chi connectivity index (χ2v) is 8.56. The molecule has 8 heteroatoms. The number of likely N-dealkylation sites (N-methyl/N-ethyl adjacent to an activating group) is 1. The summed E-state index contributed by atoms with van der Waals surface area (Å²) in [5, 5.41) is 0.533. The molecule has 0 N–H and O–H groups in total. The number of carbonyl (C=O) groups is 1. The molecule has 0 bridgehead atoms. The molecule has 3 aromatic carbocycles. The van der Waals surface area contributed by atoms with Crippen molar-refractivity contribution in [2.24, 2.45) is 4.99 Å². The van der Waals surface area contributed by atoms with Crippen molar-refractivity contribution in [3.63, 3.8) is 0 Å². The zero-order valence-electron chi connectivity index (χ0n) is 19.3. The number of rotatable bonds is 8. The summed E-state index contributed by atoms with van der Waals surface area (Å²) in [4.78, 5) is 19.6. The first-order valence-corrected chi connectivity index (χ1v) is 12.0. The lowest BCUT2D eigenvalue weighted by molar-refractivity contribution is -0.122. The number of carbonyl (C=O) groups excluding carboxylic acids is 1. The second-order valence-electron chi connectivity index (χ2n) is 7.55. The second kappa shape index (κ2) is 11.2. The van der Waals surface area contributed by atoms with Crippen molar-refractivity contribution in [1.29, 1.82) is 0 Å². The van der Waals surface area contributed by atoms with Gasteiger partial charge in [-0.15, -0.1) is 0 Å². The molecule has 4 rings (SSSR count). The van der Waals surface area contributed by atoms with Crippen molar-refractivity contribution in [3.8, 4) is 11.5 Å². The van der Waals surface area contributed by atoms with Crippen molar-refractivity contribution in [3.05, 3.63) is 94.4 Å². The number of amides is 1. The number of thioether (sulfide) groups is 1. The number of hydrogen-bond donors (Lipinski definition) is 0. The van der Waals surface area contributed by atoms with E-state index >= 15 is 0 Å². The Labute approximate surface area is 207 Å². The minimum atomic E-state index is -0.344. The first-order chi connectivity index (χ1) is 17.0. The molecule has 1 amide bonds. The Hall–Kier alpha value is -3.65. The van der Waals surface area contributed by atoms with E-state index in [4.69, 9.17) is 9.47 Å². The highest BCUT2D eigenvalue weighted by Crippen LogP contribution is 2.36. The Morgan fingerprint density at radius 1 is 0.971 bits per heavy atom. The first-order valence-electron chi connectivity index (χ1n) is 11.2. The van der Waals surface area contributed by atoms with Gasteiger partial charge < -0.3 is 9.47 Å². The highest BCUT2D eigenvalue weighted by atomic mass is 32.2. The summed E-state index contributed by atoms with van der Waals surface area (Å²) in [5.74, 6) is 0.152. The van der Waals surface area contributed by atoms with Gasteiger partial charge in [0.25, 0.3) is 5.91 Å². The van der Waals surface area contributed by atoms with E-state index in [2.05, 4.69) is 4.99 Å². The third-order valence-corrected chi connectivity index (χ3v) is 6.17. The van der Waals surface area contributed by atoms with Crippen LogP contribution in [-0.4, -0.2) is 29.1 Å². The van der Waals surface area contributed by atoms with E-state index < -0.39 is 0 Å². The molecule has 1 fully saturated rings. The largest absolute Gasteiger partial charge is 0.490 e. The maximum Gasteiger partial charge on any atom is 0.266 e. The Morgan fingerprint density at radius 3 is 2.46 bits per heavy atom. The molecular formula is C27H24F2N2O3S. The van der Waals surface area contributed by atoms with Crippen LogP contribution in [0.1, 0.15) is 25.0 Å². The Morgan fingerprint density at radius 2 is 1.74 bits per heavy atom. The predicted octanol–water partition coefficient (Wildman–Crippen LogP) is 6.57. The van der Waals surface area contributed by atoms with Gasteiger partial charge >= 0.3 is 0 Å². The normalized spacial score (nSPS) is 15.8. The summed E-state index contributed by atoms with van der Waals surface area (Å²) in [6.07, 6.45) is 1.77. The number of halogens is 2. The summed E-state index contributed by atoms with van der Waals surface area (Å²) < 4.78 is 38.7. The third-order valence-electron chi connectivity index (χ3n) is 5.16. The van der Waals surface area contributed by atoms with Crippen molar-refractivity contribution in [1.82, 2.24) is 4.90 Å². The Kier molecular flexibility index (Phi) is 7.82. The lowest BCUT2D eigenvalue weighted by Gasteiger charge is -2.13. The SMILES string of the molecule is CCOc1cc(/C=C2/SC(=Nc3ccc(F)cc3)N(CC)C2=O)ccc1OCc1ccccc1F. The van der Waals surface area contributed by atoms with Crippen molar-refractivity contribution in [2.75, 3.05) is 13.2 Å². The maximum atomic E-state index is 13.9. The first kappa shape index (κ1) is 24.5. The molecule has 0 saturated carbocycles. The molecule has 1 aliphatic heterocycles. The molecule has 3 aromatic rings. The molecule has 180 valence electrons. The number of nitrogens with zero attached hydrogens (tertiary/aromatic N) is 2. The van der Waals surface area contributed by atoms with Crippen LogP contribution in [0.4, 0.5) is 14.5 Å². The quantitative estimate of drug-likeness (QED) is 0.333. The van der Waals surface area contributed by atoms with E-state index in [9.17, 15) is 13.6 Å². The smallest absolute Gasteiger partial charge is 0.266 e. The van der Waals surface area contributed by atoms with E-state index in [-0.39, 0.29) is 24.1 Å². The van der Waals surface area contributed by atoms with Gasteiger partial charge in [0.15, 0.2) is 16.7 Å². The molecule has 35 heavy (non-hydrogen) atoms. The van der Waals surface area contributed by atoms with E-state index in [1.54, 1.807) is 53.4 Å². The summed E-state index contributed by atoms with van der Waals surface area (Å²) in [6, 6.07) is 17.6. The highest BCUT2D eigenvalue weighted by Gasteiger charge is 2.32. The number of ether oxygens (including phenoxy) is 2. The monoisotopic (exact) mass is 494 g/mol. The van der Waals surface area contributed by atoms with Gasteiger partial charge in [-0.2, -0.15) is 0 Å². The number of amidine groups is 1. The molecule has 0 unspecified atom stereocenters. The van der Waals surface area contributed by atoms with Crippen molar-refractivity contribution in [2.45, 2.75) is 20.5 Å². The van der Waals surface area contributed by atoms with Gasteiger partial charge in [0.05, 0.1) is 17.2 Å². The number of hydrogen-bond acceptors (Lipinski definition) is 5. The molecule has 0 aliphatic carbocycles. The summed E-state index contributed by atoms with van der Waals surface area (Å²) >= 11 is 1.26. The fraction of sp³-hybridized carbons (Fsp3) is 0.185. The zero-order chi connectivity index (χ0) is 24.8. The van der Waals surface area contributed by atoms with Crippen LogP contribution < -0.4 is 9.47 Å². The molecule has 0 spiro atoms. The Balaban J connectivity index is 1.57. The van der Waals surface area contributed by atoms with Crippen LogP contribution in [-0.2, 0) is 11.4 Å². The number of aliphatic imine (C=N–C) groups is 1. The summed E-state index contributed by atoms with van der Waals surface area (Å²) in [5.41, 5.74) is 1.76. The lowest BCUT2D eigenvalue weighted by Crippen LogP contribution is -2.28. The predicted molar refractivity (Wildman–Crippen MR) is 135 cm³/mol. The van der Waals surface area contributed by atoms with Gasteiger partial charge in [-0.3, -0.25) is 9.69 Å². The van der Waals surface area contributed by atoms with E-state index in [0.717, 1.165) is 5.56 Å². The molecule has 0 aromatic heterocycles. The fourth-order valence-electron chi connectivity index (χ4n) is 3.42. The van der Waals surface area contributed by atoms with Crippen LogP contribution >= 0.6 is 11.8 Å². The Bertz CT molecular complexity index is 1280. The van der Waals surface area contributed by atoms with E-state index in [0.29, 0.717) is 46.0 Å². The van der Waals surface area contributed by atoms with Crippen LogP contribution in [0.25, 0.3) is 6.08 Å². The highest BCUT2D eigenvalue weighted by molar-refractivity contribution is 8.18. The van der Waals surface area contributed by atoms with Gasteiger partial charge in [0.1, 0.15) is 18.2 Å². The summed E-state index contributed by atoms with van der Waals surface area (Å²) in [7, 11) is 0. The van der Waals surface area contributed by atoms with Gasteiger partial charge in [-0.05, 0) is 79.7 Å². The van der Waals surface area contributed by atoms with Gasteiger partial charge in [0, 0.05) is 12.1 Å². The van der Waals surface area contributed by atoms with Crippen LogP contribution in [0.5, 0.6) is 11.5 Å². The molecule has 0 radical (unpaired) electrons. The molecule has 1 aliphatic rings. The molecule has 0 atom stereocenters. The standard InChI is InChI=1S/C27H24F2N2O3S/c1-3-31-26(32)25(35-27(31)30-21-12-10-20(28)11-13-21)16-18-9-14-23(24(15-18)33-4-2)34-17-19-7-5-6-8-22(19)29/h5-16H,3-4,17H2,1-2H3/b25-16+,30-27?. The average Bonchev–Trinajstić information content (AvgIpc) is 3.14. The number of benzene rings is 3. The van der Waals surface area contributed by atoms with Crippen LogP contribution in [0.3, 0.4) is 0 Å². The molecule has 1 saturated heterocycles. The molecular weight excluding hydrogens is 470 g/mol. The van der Waals surface area contributed by atoms with E-state index in [1.807, 2.05) is 19.9 Å². The van der Waals surface area contributed by atoms with Gasteiger partial charge in [0.2, 0.25) is 0 Å². The lowest BCUT2D eigenvalue weighted by atomic mass is 10.1. The third kappa shape index (κ3) is 5.89. The zero-order valence-corrected chi connectivity index (χ0v) is 20.1. The van der Waals surface area contributed by atoms with Crippen molar-refractivity contribution < 1.29 is 23.0 Å². The van der Waals surface area contributed by atoms with Crippen molar-refractivity contribution >= 4 is 34.6 Å². The fourth-order valence-corrected chi connectivity index (χ4v) is 4.48. The van der Waals surface area contributed by atoms with Crippen LogP contribution in [0.2, 0.25) is 0 Å². The maximum absolute atomic E-state index is 13.9. The van der Waals surface area contributed by atoms with E-state index in [1.165, 1.54) is 30.0 Å². The van der Waals surface area contributed by atoms with Crippen LogP contribution in [0, 0.1) is 11.6 Å². The average molecular weight is 495 g/mol. The minimum absolute atomic E-state index is 0.0657. The van der Waals surface area contributed by atoms with Crippen LogP contribution in [0.15, 0.2) is 76.6 Å². The summed E-state index contributed by atoms with van der Waals surface area (Å²) in [6.45, 7) is 4.67.